The van der Waals surface area contributed by atoms with Crippen molar-refractivity contribution in [3.05, 3.63) is 29.8 Å². The average Bonchev–Trinajstić information content (AvgIpc) is 2.50. The number of nitrogens with two attached hydrogens (primary N) is 1. The molecular weight excluding hydrogens is 262 g/mol. The lowest BCUT2D eigenvalue weighted by Crippen LogP contribution is -2.40. The second-order valence-corrected chi connectivity index (χ2v) is 5.82. The normalized spacial score (nSPS) is 19.4. The number of carbonyl (C=O) groups is 1. The van der Waals surface area contributed by atoms with E-state index >= 15 is 0 Å². The first-order valence-corrected chi connectivity index (χ1v) is 7.99. The molecule has 1 unspecified atom stereocenters. The maximum absolute atomic E-state index is 11.3. The minimum Gasteiger partial charge on any atom is -0.372 e. The van der Waals surface area contributed by atoms with Crippen LogP contribution in [0.1, 0.15) is 32.3 Å². The van der Waals surface area contributed by atoms with E-state index in [-0.39, 0.29) is 11.8 Å². The number of primary amides is 1. The van der Waals surface area contributed by atoms with Crippen LogP contribution in [0.2, 0.25) is 0 Å². The molecule has 1 fully saturated rings. The van der Waals surface area contributed by atoms with Gasteiger partial charge in [-0.25, -0.2) is 0 Å². The van der Waals surface area contributed by atoms with Crippen molar-refractivity contribution in [3.63, 3.8) is 0 Å². The Bertz CT molecular complexity index is 454. The molecule has 4 heteroatoms. The van der Waals surface area contributed by atoms with E-state index in [9.17, 15) is 4.79 Å². The first-order chi connectivity index (χ1) is 10.1. The Kier molecular flexibility index (Phi) is 5.62. The summed E-state index contributed by atoms with van der Waals surface area (Å²) in [5.74, 6) is -0.134. The van der Waals surface area contributed by atoms with Crippen LogP contribution >= 0.6 is 0 Å². The maximum atomic E-state index is 11.3. The van der Waals surface area contributed by atoms with Crippen molar-refractivity contribution < 1.29 is 4.79 Å². The molecule has 1 aliphatic rings. The predicted octanol–water partition coefficient (Wildman–Crippen LogP) is 2.23. The lowest BCUT2D eigenvalue weighted by molar-refractivity contribution is -0.123. The Labute approximate surface area is 127 Å². The molecule has 0 radical (unpaired) electrons. The van der Waals surface area contributed by atoms with E-state index in [0.29, 0.717) is 0 Å². The number of carbonyl (C=O) groups excluding carboxylic acids is 1. The number of rotatable bonds is 6. The zero-order valence-electron chi connectivity index (χ0n) is 13.2. The van der Waals surface area contributed by atoms with Gasteiger partial charge in [-0.2, -0.15) is 0 Å². The second-order valence-electron chi connectivity index (χ2n) is 5.82. The highest BCUT2D eigenvalue weighted by molar-refractivity contribution is 5.76. The van der Waals surface area contributed by atoms with Crippen LogP contribution in [0, 0.1) is 5.92 Å². The van der Waals surface area contributed by atoms with Crippen molar-refractivity contribution in [3.8, 4) is 0 Å². The third-order valence-electron chi connectivity index (χ3n) is 4.38. The molecule has 116 valence electrons. The topological polar surface area (TPSA) is 49.6 Å². The van der Waals surface area contributed by atoms with Gasteiger partial charge >= 0.3 is 0 Å². The minimum atomic E-state index is -0.156. The quantitative estimate of drug-likeness (QED) is 0.873. The lowest BCUT2D eigenvalue weighted by atomic mass is 9.97. The van der Waals surface area contributed by atoms with Gasteiger partial charge in [-0.15, -0.1) is 0 Å². The lowest BCUT2D eigenvalue weighted by Gasteiger charge is -2.31. The number of anilines is 1. The average molecular weight is 289 g/mol. The fraction of sp³-hybridized carbons (Fsp3) is 0.588. The Morgan fingerprint density at radius 2 is 1.95 bits per heavy atom. The highest BCUT2D eigenvalue weighted by Gasteiger charge is 2.23. The summed E-state index contributed by atoms with van der Waals surface area (Å²) in [6.07, 6.45) is 2.00. The molecule has 2 N–H and O–H groups in total. The van der Waals surface area contributed by atoms with Crippen LogP contribution < -0.4 is 10.6 Å². The van der Waals surface area contributed by atoms with Gasteiger partial charge in [0.05, 0.1) is 5.92 Å². The zero-order chi connectivity index (χ0) is 15.2. The van der Waals surface area contributed by atoms with Gasteiger partial charge in [-0.3, -0.25) is 9.69 Å². The third kappa shape index (κ3) is 4.21. The molecule has 1 aromatic carbocycles. The van der Waals surface area contributed by atoms with E-state index in [0.717, 1.165) is 45.6 Å². The van der Waals surface area contributed by atoms with Crippen LogP contribution in [0.25, 0.3) is 0 Å². The monoisotopic (exact) mass is 289 g/mol. The molecule has 1 heterocycles. The van der Waals surface area contributed by atoms with Crippen molar-refractivity contribution in [1.82, 2.24) is 4.90 Å². The molecule has 1 atom stereocenters. The zero-order valence-corrected chi connectivity index (χ0v) is 13.2. The summed E-state index contributed by atoms with van der Waals surface area (Å²) in [5.41, 5.74) is 8.01. The number of hydrogen-bond donors (Lipinski definition) is 1. The van der Waals surface area contributed by atoms with Gasteiger partial charge < -0.3 is 10.6 Å². The van der Waals surface area contributed by atoms with E-state index in [1.54, 1.807) is 0 Å². The van der Waals surface area contributed by atoms with Crippen molar-refractivity contribution in [2.75, 3.05) is 31.1 Å². The highest BCUT2D eigenvalue weighted by Crippen LogP contribution is 2.20. The standard InChI is InChI=1S/C17H27N3O/c1-3-20(4-2)16-9-7-14(8-10-16)12-19-11-5-6-15(13-19)17(18)21/h7-10,15H,3-6,11-13H2,1-2H3,(H2,18,21). The summed E-state index contributed by atoms with van der Waals surface area (Å²) in [7, 11) is 0. The molecule has 1 aliphatic heterocycles. The molecule has 0 saturated carbocycles. The van der Waals surface area contributed by atoms with Crippen LogP contribution in [0.15, 0.2) is 24.3 Å². The number of benzene rings is 1. The third-order valence-corrected chi connectivity index (χ3v) is 4.38. The van der Waals surface area contributed by atoms with Crippen LogP contribution in [-0.4, -0.2) is 37.0 Å². The van der Waals surface area contributed by atoms with Crippen molar-refractivity contribution in [2.45, 2.75) is 33.2 Å². The molecule has 2 rings (SSSR count). The smallest absolute Gasteiger partial charge is 0.221 e. The van der Waals surface area contributed by atoms with E-state index in [2.05, 4.69) is 47.9 Å². The molecular formula is C17H27N3O. The van der Waals surface area contributed by atoms with Gasteiger partial charge in [0.2, 0.25) is 5.91 Å². The Balaban J connectivity index is 1.95. The van der Waals surface area contributed by atoms with Gasteiger partial charge in [-0.1, -0.05) is 12.1 Å². The molecule has 4 nitrogen and oxygen atoms in total. The maximum Gasteiger partial charge on any atom is 0.221 e. The Morgan fingerprint density at radius 3 is 2.52 bits per heavy atom. The van der Waals surface area contributed by atoms with Gasteiger partial charge in [0.1, 0.15) is 0 Å². The summed E-state index contributed by atoms with van der Waals surface area (Å²) < 4.78 is 0. The molecule has 21 heavy (non-hydrogen) atoms. The number of amides is 1. The first kappa shape index (κ1) is 15.8. The SMILES string of the molecule is CCN(CC)c1ccc(CN2CCCC(C(N)=O)C2)cc1. The largest absolute Gasteiger partial charge is 0.372 e. The fourth-order valence-electron chi connectivity index (χ4n) is 3.09. The number of piperidine rings is 1. The predicted molar refractivity (Wildman–Crippen MR) is 87.2 cm³/mol. The van der Waals surface area contributed by atoms with Crippen LogP contribution in [-0.2, 0) is 11.3 Å². The summed E-state index contributed by atoms with van der Waals surface area (Å²) in [6.45, 7) is 9.17. The summed E-state index contributed by atoms with van der Waals surface area (Å²) in [6, 6.07) is 8.78. The number of nitrogens with zero attached hydrogens (tertiary/aromatic N) is 2. The molecule has 1 aromatic rings. The molecule has 0 aliphatic carbocycles. The van der Waals surface area contributed by atoms with Gasteiger partial charge in [0.25, 0.3) is 0 Å². The second kappa shape index (κ2) is 7.46. The molecule has 0 bridgehead atoms. The molecule has 1 amide bonds. The van der Waals surface area contributed by atoms with E-state index < -0.39 is 0 Å². The van der Waals surface area contributed by atoms with E-state index in [1.165, 1.54) is 11.3 Å². The molecule has 0 aromatic heterocycles. The fourth-order valence-corrected chi connectivity index (χ4v) is 3.09. The van der Waals surface area contributed by atoms with Crippen molar-refractivity contribution in [2.24, 2.45) is 11.7 Å². The number of hydrogen-bond acceptors (Lipinski definition) is 3. The highest BCUT2D eigenvalue weighted by atomic mass is 16.1. The Hall–Kier alpha value is -1.55. The van der Waals surface area contributed by atoms with Gasteiger partial charge in [-0.05, 0) is 50.9 Å². The Morgan fingerprint density at radius 1 is 1.29 bits per heavy atom. The van der Waals surface area contributed by atoms with Gasteiger partial charge in [0.15, 0.2) is 0 Å². The molecule has 1 saturated heterocycles. The van der Waals surface area contributed by atoms with Crippen LogP contribution in [0.4, 0.5) is 5.69 Å². The van der Waals surface area contributed by atoms with E-state index in [4.69, 9.17) is 5.73 Å². The van der Waals surface area contributed by atoms with Crippen LogP contribution in [0.3, 0.4) is 0 Å². The first-order valence-electron chi connectivity index (χ1n) is 7.99. The minimum absolute atomic E-state index is 0.0219. The summed E-state index contributed by atoms with van der Waals surface area (Å²) in [4.78, 5) is 16.0. The van der Waals surface area contributed by atoms with E-state index in [1.807, 2.05) is 0 Å². The molecule has 0 spiro atoms. The van der Waals surface area contributed by atoms with Crippen molar-refractivity contribution in [1.29, 1.82) is 0 Å². The van der Waals surface area contributed by atoms with Crippen molar-refractivity contribution >= 4 is 11.6 Å². The van der Waals surface area contributed by atoms with Crippen LogP contribution in [0.5, 0.6) is 0 Å². The summed E-state index contributed by atoms with van der Waals surface area (Å²) >= 11 is 0. The number of likely N-dealkylation sites (tertiary alicyclic amines) is 1. The summed E-state index contributed by atoms with van der Waals surface area (Å²) in [5, 5.41) is 0. The van der Waals surface area contributed by atoms with Gasteiger partial charge in [0, 0.05) is 31.9 Å².